The molecule has 0 radical (unpaired) electrons. The van der Waals surface area contributed by atoms with Gasteiger partial charge in [0.15, 0.2) is 11.3 Å². The molecular formula is C17H26N4O4S. The van der Waals surface area contributed by atoms with Gasteiger partial charge in [-0.25, -0.2) is 14.8 Å². The molecule has 9 heteroatoms. The number of hydrogen-bond acceptors (Lipinski definition) is 7. The van der Waals surface area contributed by atoms with Crippen LogP contribution in [0.2, 0.25) is 0 Å². The van der Waals surface area contributed by atoms with Gasteiger partial charge in [0.1, 0.15) is 0 Å². The summed E-state index contributed by atoms with van der Waals surface area (Å²) in [4.78, 5) is 44.1. The highest BCUT2D eigenvalue weighted by Crippen LogP contribution is 2.17. The number of thioether (sulfide) groups is 1. The van der Waals surface area contributed by atoms with E-state index in [-0.39, 0.29) is 12.5 Å². The van der Waals surface area contributed by atoms with Gasteiger partial charge in [0, 0.05) is 23.9 Å². The fourth-order valence-corrected chi connectivity index (χ4v) is 2.67. The Labute approximate surface area is 157 Å². The molecule has 0 saturated carbocycles. The van der Waals surface area contributed by atoms with E-state index in [9.17, 15) is 14.4 Å². The molecule has 0 aliphatic rings. The molecule has 8 nitrogen and oxygen atoms in total. The van der Waals surface area contributed by atoms with Crippen molar-refractivity contribution in [1.82, 2.24) is 20.6 Å². The fraction of sp³-hybridized carbons (Fsp3) is 0.588. The quantitative estimate of drug-likeness (QED) is 0.421. The second kappa shape index (κ2) is 10.1. The summed E-state index contributed by atoms with van der Waals surface area (Å²) < 4.78 is 5.09. The van der Waals surface area contributed by atoms with E-state index in [1.54, 1.807) is 13.8 Å². The van der Waals surface area contributed by atoms with E-state index in [1.807, 2.05) is 20.1 Å². The number of nitrogens with zero attached hydrogens (tertiary/aromatic N) is 2. The lowest BCUT2D eigenvalue weighted by atomic mass is 10.1. The van der Waals surface area contributed by atoms with Crippen LogP contribution >= 0.6 is 11.8 Å². The first-order chi connectivity index (χ1) is 12.1. The molecule has 1 atom stereocenters. The summed E-state index contributed by atoms with van der Waals surface area (Å²) in [5.41, 5.74) is 2.55. The van der Waals surface area contributed by atoms with Crippen molar-refractivity contribution in [2.45, 2.75) is 64.8 Å². The van der Waals surface area contributed by atoms with Crippen LogP contribution in [0.3, 0.4) is 0 Å². The van der Waals surface area contributed by atoms with Gasteiger partial charge in [0.2, 0.25) is 0 Å². The molecular weight excluding hydrogens is 356 g/mol. The number of esters is 1. The summed E-state index contributed by atoms with van der Waals surface area (Å²) in [7, 11) is 0. The lowest BCUT2D eigenvalue weighted by Gasteiger charge is -2.15. The first-order valence-corrected chi connectivity index (χ1v) is 9.55. The first-order valence-electron chi connectivity index (χ1n) is 8.33. The second-order valence-electron chi connectivity index (χ2n) is 6.11. The van der Waals surface area contributed by atoms with E-state index < -0.39 is 24.0 Å². The second-order valence-corrected chi connectivity index (χ2v) is 6.88. The highest BCUT2D eigenvalue weighted by atomic mass is 32.2. The summed E-state index contributed by atoms with van der Waals surface area (Å²) in [5, 5.41) is 5.35. The number of amides is 3. The molecule has 1 aromatic rings. The van der Waals surface area contributed by atoms with Crippen molar-refractivity contribution in [3.63, 3.8) is 0 Å². The van der Waals surface area contributed by atoms with Crippen molar-refractivity contribution in [2.24, 2.45) is 0 Å². The van der Waals surface area contributed by atoms with Gasteiger partial charge >= 0.3 is 12.0 Å². The van der Waals surface area contributed by atoms with Crippen LogP contribution < -0.4 is 10.6 Å². The molecule has 1 heterocycles. The summed E-state index contributed by atoms with van der Waals surface area (Å²) in [6.07, 6.45) is 1.36. The molecule has 0 aromatic carbocycles. The number of carbonyl (C=O) groups is 3. The number of hydrogen-bond donors (Lipinski definition) is 2. The summed E-state index contributed by atoms with van der Waals surface area (Å²) in [6, 6.07) is -0.725. The number of ether oxygens (including phenoxy) is 1. The highest BCUT2D eigenvalue weighted by Gasteiger charge is 2.20. The van der Waals surface area contributed by atoms with Crippen molar-refractivity contribution >= 4 is 29.7 Å². The zero-order valence-corrected chi connectivity index (χ0v) is 16.8. The molecule has 3 amide bonds. The lowest BCUT2D eigenvalue weighted by molar-refractivity contribution is -0.154. The predicted molar refractivity (Wildman–Crippen MR) is 99.0 cm³/mol. The van der Waals surface area contributed by atoms with Gasteiger partial charge in [-0.05, 0) is 52.9 Å². The number of nitrogens with one attached hydrogen (secondary N) is 2. The normalized spacial score (nSPS) is 11.8. The van der Waals surface area contributed by atoms with Gasteiger partial charge < -0.3 is 10.1 Å². The van der Waals surface area contributed by atoms with Gasteiger partial charge in [-0.1, -0.05) is 11.8 Å². The third-order valence-electron chi connectivity index (χ3n) is 3.50. The maximum absolute atomic E-state index is 12.0. The van der Waals surface area contributed by atoms with Crippen molar-refractivity contribution in [2.75, 3.05) is 6.26 Å². The number of urea groups is 1. The van der Waals surface area contributed by atoms with Crippen LogP contribution in [0.15, 0.2) is 5.16 Å². The minimum atomic E-state index is -1.06. The molecule has 1 unspecified atom stereocenters. The van der Waals surface area contributed by atoms with Crippen LogP contribution in [-0.4, -0.2) is 46.3 Å². The van der Waals surface area contributed by atoms with Crippen LogP contribution in [0.25, 0.3) is 0 Å². The largest absolute Gasteiger partial charge is 0.453 e. The minimum Gasteiger partial charge on any atom is -0.453 e. The third kappa shape index (κ3) is 6.99. The van der Waals surface area contributed by atoms with Crippen LogP contribution in [0.5, 0.6) is 0 Å². The maximum Gasteiger partial charge on any atom is 0.321 e. The van der Waals surface area contributed by atoms with Gasteiger partial charge in [0.25, 0.3) is 5.91 Å². The third-order valence-corrected chi connectivity index (χ3v) is 4.04. The SMILES string of the molecule is CSc1nc(C)c(CCC(=O)OC(C)C(=O)NC(=O)NC(C)C)c(C)n1. The molecule has 26 heavy (non-hydrogen) atoms. The van der Waals surface area contributed by atoms with Crippen molar-refractivity contribution in [3.05, 3.63) is 17.0 Å². The molecule has 1 aromatic heterocycles. The Morgan fingerprint density at radius 3 is 2.19 bits per heavy atom. The molecule has 0 aliphatic heterocycles. The Balaban J connectivity index is 2.54. The zero-order valence-electron chi connectivity index (χ0n) is 16.0. The van der Waals surface area contributed by atoms with E-state index in [4.69, 9.17) is 4.74 Å². The van der Waals surface area contributed by atoms with Crippen LogP contribution in [0.4, 0.5) is 4.79 Å². The Kier molecular flexibility index (Phi) is 8.50. The van der Waals surface area contributed by atoms with E-state index in [2.05, 4.69) is 20.6 Å². The van der Waals surface area contributed by atoms with Crippen molar-refractivity contribution in [3.8, 4) is 0 Å². The Morgan fingerprint density at radius 2 is 1.69 bits per heavy atom. The van der Waals surface area contributed by atoms with Gasteiger partial charge in [0.05, 0.1) is 0 Å². The number of aromatic nitrogens is 2. The lowest BCUT2D eigenvalue weighted by Crippen LogP contribution is -2.46. The van der Waals surface area contributed by atoms with Crippen molar-refractivity contribution in [1.29, 1.82) is 0 Å². The average Bonchev–Trinajstić information content (AvgIpc) is 2.52. The monoisotopic (exact) mass is 382 g/mol. The standard InChI is InChI=1S/C17H26N4O4S/c1-9(2)18-16(24)21-15(23)12(5)25-14(22)8-7-13-10(3)19-17(26-6)20-11(13)4/h9,12H,7-8H2,1-6H3,(H2,18,21,23,24). The Hall–Kier alpha value is -2.16. The molecule has 2 N–H and O–H groups in total. The van der Waals surface area contributed by atoms with E-state index >= 15 is 0 Å². The van der Waals surface area contributed by atoms with Crippen LogP contribution in [0.1, 0.15) is 44.1 Å². The molecule has 0 spiro atoms. The molecule has 0 fully saturated rings. The van der Waals surface area contributed by atoms with Crippen LogP contribution in [-0.2, 0) is 20.7 Å². The number of imide groups is 1. The van der Waals surface area contributed by atoms with E-state index in [0.717, 1.165) is 17.0 Å². The average molecular weight is 382 g/mol. The number of carbonyl (C=O) groups excluding carboxylic acids is 3. The van der Waals surface area contributed by atoms with E-state index in [1.165, 1.54) is 18.7 Å². The minimum absolute atomic E-state index is 0.0967. The fourth-order valence-electron chi connectivity index (χ4n) is 2.21. The molecule has 0 aliphatic carbocycles. The zero-order chi connectivity index (χ0) is 19.9. The summed E-state index contributed by atoms with van der Waals surface area (Å²) in [5.74, 6) is -1.19. The predicted octanol–water partition coefficient (Wildman–Crippen LogP) is 1.91. The molecule has 0 saturated heterocycles. The number of aryl methyl sites for hydroxylation is 2. The summed E-state index contributed by atoms with van der Waals surface area (Å²) >= 11 is 1.46. The number of rotatable bonds is 7. The van der Waals surface area contributed by atoms with Gasteiger partial charge in [-0.3, -0.25) is 14.9 Å². The maximum atomic E-state index is 12.0. The van der Waals surface area contributed by atoms with Gasteiger partial charge in [-0.2, -0.15) is 0 Å². The molecule has 0 bridgehead atoms. The topological polar surface area (TPSA) is 110 Å². The smallest absolute Gasteiger partial charge is 0.321 e. The van der Waals surface area contributed by atoms with Gasteiger partial charge in [-0.15, -0.1) is 0 Å². The van der Waals surface area contributed by atoms with Crippen molar-refractivity contribution < 1.29 is 19.1 Å². The summed E-state index contributed by atoms with van der Waals surface area (Å²) in [6.45, 7) is 8.71. The van der Waals surface area contributed by atoms with E-state index in [0.29, 0.717) is 11.6 Å². The highest BCUT2D eigenvalue weighted by molar-refractivity contribution is 7.98. The molecule has 144 valence electrons. The first kappa shape index (κ1) is 21.9. The molecule has 1 rings (SSSR count). The Bertz CT molecular complexity index is 656. The Morgan fingerprint density at radius 1 is 1.12 bits per heavy atom. The van der Waals surface area contributed by atoms with Crippen LogP contribution in [0, 0.1) is 13.8 Å².